The van der Waals surface area contributed by atoms with Gasteiger partial charge in [0.05, 0.1) is 20.3 Å². The van der Waals surface area contributed by atoms with Crippen LogP contribution in [0.1, 0.15) is 66.4 Å². The molecule has 1 aliphatic carbocycles. The van der Waals surface area contributed by atoms with E-state index in [0.717, 1.165) is 37.0 Å². The van der Waals surface area contributed by atoms with Crippen LogP contribution in [0.2, 0.25) is 0 Å². The zero-order valence-electron chi connectivity index (χ0n) is 21.8. The molecule has 2 aromatic carbocycles. The van der Waals surface area contributed by atoms with Crippen molar-refractivity contribution in [2.24, 2.45) is 0 Å². The molecule has 0 radical (unpaired) electrons. The van der Waals surface area contributed by atoms with Gasteiger partial charge in [-0.05, 0) is 42.2 Å². The number of ether oxygens (including phenoxy) is 5. The maximum atomic E-state index is 13.2. The van der Waals surface area contributed by atoms with Gasteiger partial charge in [0.1, 0.15) is 35.4 Å². The first kappa shape index (κ1) is 26.5. The third-order valence-corrected chi connectivity index (χ3v) is 7.40. The van der Waals surface area contributed by atoms with Gasteiger partial charge in [-0.25, -0.2) is 4.79 Å². The molecule has 2 aliphatic heterocycles. The number of esters is 1. The van der Waals surface area contributed by atoms with E-state index >= 15 is 0 Å². The lowest BCUT2D eigenvalue weighted by Gasteiger charge is -2.31. The van der Waals surface area contributed by atoms with Crippen molar-refractivity contribution < 1.29 is 33.6 Å². The summed E-state index contributed by atoms with van der Waals surface area (Å²) < 4.78 is 29.9. The highest BCUT2D eigenvalue weighted by Gasteiger charge is 2.46. The molecule has 0 unspecified atom stereocenters. The molecule has 7 nitrogen and oxygen atoms in total. The highest BCUT2D eigenvalue weighted by molar-refractivity contribution is 5.96. The monoisotopic (exact) mass is 520 g/mol. The van der Waals surface area contributed by atoms with Crippen molar-refractivity contribution in [3.05, 3.63) is 77.4 Å². The fourth-order valence-corrected chi connectivity index (χ4v) is 5.33. The highest BCUT2D eigenvalue weighted by atomic mass is 16.8. The van der Waals surface area contributed by atoms with Gasteiger partial charge in [-0.1, -0.05) is 55.0 Å². The number of hydrogen-bond acceptors (Lipinski definition) is 7. The Balaban J connectivity index is 1.31. The molecule has 38 heavy (non-hydrogen) atoms. The van der Waals surface area contributed by atoms with Crippen molar-refractivity contribution in [2.75, 3.05) is 13.7 Å². The summed E-state index contributed by atoms with van der Waals surface area (Å²) in [5.41, 5.74) is 1.77. The van der Waals surface area contributed by atoms with Crippen LogP contribution in [0.4, 0.5) is 0 Å². The molecule has 1 N–H and O–H groups in total. The van der Waals surface area contributed by atoms with Gasteiger partial charge in [-0.2, -0.15) is 0 Å². The molecule has 7 heteroatoms. The Morgan fingerprint density at radius 3 is 2.53 bits per heavy atom. The summed E-state index contributed by atoms with van der Waals surface area (Å²) in [5.74, 6) is -0.415. The Bertz CT molecular complexity index is 1150. The smallest absolute Gasteiger partial charge is 0.342 e. The molecule has 1 saturated carbocycles. The maximum Gasteiger partial charge on any atom is 0.342 e. The van der Waals surface area contributed by atoms with Crippen LogP contribution in [-0.4, -0.2) is 48.9 Å². The van der Waals surface area contributed by atoms with E-state index in [1.807, 2.05) is 48.6 Å². The van der Waals surface area contributed by atoms with Crippen molar-refractivity contribution in [1.29, 1.82) is 0 Å². The molecule has 0 amide bonds. The van der Waals surface area contributed by atoms with E-state index in [1.165, 1.54) is 12.5 Å². The van der Waals surface area contributed by atoms with E-state index in [1.54, 1.807) is 19.2 Å². The van der Waals surface area contributed by atoms with Crippen LogP contribution in [0, 0.1) is 0 Å². The van der Waals surface area contributed by atoms with Crippen LogP contribution in [-0.2, 0) is 25.6 Å². The molecule has 1 saturated heterocycles. The normalized spacial score (nSPS) is 26.3. The molecule has 202 valence electrons. The van der Waals surface area contributed by atoms with E-state index < -0.39 is 17.9 Å². The minimum atomic E-state index is -0.555. The summed E-state index contributed by atoms with van der Waals surface area (Å²) in [6.45, 7) is 0.867. The number of aromatic hydroxyl groups is 1. The van der Waals surface area contributed by atoms with Crippen LogP contribution < -0.4 is 4.74 Å². The first-order valence-electron chi connectivity index (χ1n) is 13.5. The SMILES string of the molecule is COc1ccc(COCC[C@H]2C/C=C\[C@@H]3OC4(CCCCC4)O[C@H]3/C=C/c3cccc(O)c3C(=O)O2)cc1. The fraction of sp³-hybridized carbons (Fsp3) is 0.452. The number of benzene rings is 2. The summed E-state index contributed by atoms with van der Waals surface area (Å²) in [4.78, 5) is 13.2. The summed E-state index contributed by atoms with van der Waals surface area (Å²) in [7, 11) is 1.64. The van der Waals surface area contributed by atoms with Gasteiger partial charge in [0.15, 0.2) is 5.79 Å². The number of methoxy groups -OCH3 is 1. The lowest BCUT2D eigenvalue weighted by molar-refractivity contribution is -0.187. The fourth-order valence-electron chi connectivity index (χ4n) is 5.33. The molecule has 0 bridgehead atoms. The second-order valence-electron chi connectivity index (χ2n) is 10.1. The summed E-state index contributed by atoms with van der Waals surface area (Å²) >= 11 is 0. The first-order chi connectivity index (χ1) is 18.5. The largest absolute Gasteiger partial charge is 0.507 e. The molecule has 2 aromatic rings. The molecule has 2 heterocycles. The van der Waals surface area contributed by atoms with Gasteiger partial charge >= 0.3 is 5.97 Å². The predicted octanol–water partition coefficient (Wildman–Crippen LogP) is 5.95. The van der Waals surface area contributed by atoms with Crippen molar-refractivity contribution in [1.82, 2.24) is 0 Å². The number of fused-ring (bicyclic) bond motifs is 2. The minimum Gasteiger partial charge on any atom is -0.507 e. The molecule has 1 spiro atoms. The Morgan fingerprint density at radius 1 is 1.00 bits per heavy atom. The molecule has 3 aliphatic rings. The molecule has 3 atom stereocenters. The van der Waals surface area contributed by atoms with E-state index in [4.69, 9.17) is 23.7 Å². The van der Waals surface area contributed by atoms with Crippen LogP contribution in [0.15, 0.2) is 60.7 Å². The van der Waals surface area contributed by atoms with Crippen molar-refractivity contribution >= 4 is 12.0 Å². The summed E-state index contributed by atoms with van der Waals surface area (Å²) in [6.07, 6.45) is 13.0. The zero-order valence-corrected chi connectivity index (χ0v) is 21.8. The lowest BCUT2D eigenvalue weighted by atomic mass is 9.94. The third kappa shape index (κ3) is 6.29. The second-order valence-corrected chi connectivity index (χ2v) is 10.1. The van der Waals surface area contributed by atoms with Gasteiger partial charge in [0.25, 0.3) is 0 Å². The molecule has 0 aromatic heterocycles. The standard InChI is InChI=1S/C31H36O7/c1-34-24-14-11-22(12-15-24)21-35-20-17-25-8-6-10-27-28(38-31(37-27)18-3-2-4-19-31)16-13-23-7-5-9-26(32)29(23)30(33)36-25/h5-7,9-16,25,27-28,32H,2-4,8,17-21H2,1H3/b10-6-,16-13+/t25-,27+,28+/m1/s1. The number of cyclic esters (lactones) is 1. The van der Waals surface area contributed by atoms with Gasteiger partial charge < -0.3 is 28.8 Å². The number of carbonyl (C=O) groups is 1. The molecule has 2 fully saturated rings. The Kier molecular flexibility index (Phi) is 8.47. The molecular formula is C31H36O7. The van der Waals surface area contributed by atoms with Gasteiger partial charge in [-0.15, -0.1) is 0 Å². The van der Waals surface area contributed by atoms with Crippen LogP contribution in [0.25, 0.3) is 6.08 Å². The van der Waals surface area contributed by atoms with E-state index in [-0.39, 0.29) is 23.5 Å². The van der Waals surface area contributed by atoms with E-state index in [0.29, 0.717) is 31.6 Å². The highest BCUT2D eigenvalue weighted by Crippen LogP contribution is 2.41. The van der Waals surface area contributed by atoms with E-state index in [2.05, 4.69) is 0 Å². The van der Waals surface area contributed by atoms with E-state index in [9.17, 15) is 9.90 Å². The predicted molar refractivity (Wildman–Crippen MR) is 143 cm³/mol. The van der Waals surface area contributed by atoms with Gasteiger partial charge in [0.2, 0.25) is 0 Å². The number of carbonyl (C=O) groups excluding carboxylic acids is 1. The van der Waals surface area contributed by atoms with Crippen LogP contribution >= 0.6 is 0 Å². The Morgan fingerprint density at radius 2 is 1.76 bits per heavy atom. The quantitative estimate of drug-likeness (QED) is 0.286. The first-order valence-corrected chi connectivity index (χ1v) is 13.5. The number of hydrogen-bond donors (Lipinski definition) is 1. The van der Waals surface area contributed by atoms with Crippen molar-refractivity contribution in [2.45, 2.75) is 75.7 Å². The van der Waals surface area contributed by atoms with Gasteiger partial charge in [-0.3, -0.25) is 0 Å². The zero-order chi connectivity index (χ0) is 26.4. The number of rotatable bonds is 6. The maximum absolute atomic E-state index is 13.2. The molecular weight excluding hydrogens is 484 g/mol. The Hall–Kier alpha value is -3.13. The lowest BCUT2D eigenvalue weighted by Crippen LogP contribution is -2.33. The number of phenolic OH excluding ortho intramolecular Hbond substituents is 1. The topological polar surface area (TPSA) is 83.5 Å². The summed E-state index contributed by atoms with van der Waals surface area (Å²) in [6, 6.07) is 12.7. The minimum absolute atomic E-state index is 0.108. The molecule has 5 rings (SSSR count). The van der Waals surface area contributed by atoms with Crippen molar-refractivity contribution in [3.8, 4) is 11.5 Å². The number of phenols is 1. The van der Waals surface area contributed by atoms with Crippen molar-refractivity contribution in [3.63, 3.8) is 0 Å². The van der Waals surface area contributed by atoms with Gasteiger partial charge in [0, 0.05) is 25.7 Å². The summed E-state index contributed by atoms with van der Waals surface area (Å²) in [5, 5.41) is 10.5. The third-order valence-electron chi connectivity index (χ3n) is 7.40. The average Bonchev–Trinajstić information content (AvgIpc) is 3.25. The average molecular weight is 521 g/mol. The second kappa shape index (κ2) is 12.2. The Labute approximate surface area is 224 Å². The van der Waals surface area contributed by atoms with Crippen LogP contribution in [0.5, 0.6) is 11.5 Å². The van der Waals surface area contributed by atoms with Crippen LogP contribution in [0.3, 0.4) is 0 Å².